The summed E-state index contributed by atoms with van der Waals surface area (Å²) in [6.07, 6.45) is 6.01. The number of carbonyl (C=O) groups excluding carboxylic acids is 1. The lowest BCUT2D eigenvalue weighted by Gasteiger charge is -2.19. The summed E-state index contributed by atoms with van der Waals surface area (Å²) < 4.78 is 2.93. The molecular weight excluding hydrogens is 401 g/mol. The average Bonchev–Trinajstić information content (AvgIpc) is 3.37. The van der Waals surface area contributed by atoms with Gasteiger partial charge in [-0.25, -0.2) is 4.98 Å². The van der Waals surface area contributed by atoms with Gasteiger partial charge in [0.25, 0.3) is 5.91 Å². The lowest BCUT2D eigenvalue weighted by molar-refractivity contribution is 0.0931. The number of nitrogens with zero attached hydrogens (tertiary/aromatic N) is 2. The normalized spacial score (nSPS) is 15.5. The third kappa shape index (κ3) is 2.97. The average molecular weight is 417 g/mol. The van der Waals surface area contributed by atoms with Crippen molar-refractivity contribution in [1.82, 2.24) is 14.7 Å². The van der Waals surface area contributed by atoms with E-state index in [0.29, 0.717) is 11.5 Å². The summed E-state index contributed by atoms with van der Waals surface area (Å²) in [7, 11) is 0. The lowest BCUT2D eigenvalue weighted by atomic mass is 10.0. The van der Waals surface area contributed by atoms with E-state index < -0.39 is 0 Å². The van der Waals surface area contributed by atoms with Crippen molar-refractivity contribution in [2.24, 2.45) is 5.92 Å². The van der Waals surface area contributed by atoms with E-state index in [9.17, 15) is 4.79 Å². The first-order valence-corrected chi connectivity index (χ1v) is 8.78. The van der Waals surface area contributed by atoms with Gasteiger partial charge in [-0.05, 0) is 59.0 Å². The molecule has 23 heavy (non-hydrogen) atoms. The molecule has 1 aliphatic carbocycles. The van der Waals surface area contributed by atoms with Gasteiger partial charge in [0.2, 0.25) is 0 Å². The first-order chi connectivity index (χ1) is 11.2. The van der Waals surface area contributed by atoms with Gasteiger partial charge in [-0.2, -0.15) is 0 Å². The number of benzene rings is 1. The highest BCUT2D eigenvalue weighted by Crippen LogP contribution is 2.41. The zero-order chi connectivity index (χ0) is 15.8. The Morgan fingerprint density at radius 2 is 2.00 bits per heavy atom. The number of imidazole rings is 1. The molecule has 1 aromatic carbocycles. The predicted molar refractivity (Wildman–Crippen MR) is 97.3 cm³/mol. The van der Waals surface area contributed by atoms with Crippen molar-refractivity contribution in [3.63, 3.8) is 0 Å². The van der Waals surface area contributed by atoms with Crippen molar-refractivity contribution >= 4 is 34.1 Å². The fourth-order valence-corrected chi connectivity index (χ4v) is 3.40. The molecule has 0 spiro atoms. The third-order valence-corrected chi connectivity index (χ3v) is 5.06. The van der Waals surface area contributed by atoms with Gasteiger partial charge in [-0.1, -0.05) is 30.3 Å². The zero-order valence-corrected chi connectivity index (χ0v) is 14.6. The van der Waals surface area contributed by atoms with E-state index in [2.05, 4.69) is 45.0 Å². The van der Waals surface area contributed by atoms with Crippen LogP contribution >= 0.6 is 22.6 Å². The maximum Gasteiger partial charge on any atom is 0.253 e. The van der Waals surface area contributed by atoms with E-state index >= 15 is 0 Å². The summed E-state index contributed by atoms with van der Waals surface area (Å²) in [4.78, 5) is 17.0. The molecule has 1 fully saturated rings. The highest BCUT2D eigenvalue weighted by Gasteiger charge is 2.33. The van der Waals surface area contributed by atoms with Gasteiger partial charge in [0.15, 0.2) is 0 Å². The van der Waals surface area contributed by atoms with E-state index in [1.165, 1.54) is 18.4 Å². The van der Waals surface area contributed by atoms with Crippen LogP contribution in [0.1, 0.15) is 34.8 Å². The highest BCUT2D eigenvalue weighted by atomic mass is 127. The number of rotatable bonds is 4. The second-order valence-electron chi connectivity index (χ2n) is 5.93. The minimum atomic E-state index is -0.0304. The summed E-state index contributed by atoms with van der Waals surface area (Å²) >= 11 is 2.22. The molecule has 0 radical (unpaired) electrons. The molecular formula is C18H16IN3O. The second-order valence-corrected chi connectivity index (χ2v) is 7.03. The molecule has 1 N–H and O–H groups in total. The number of hydrogen-bond acceptors (Lipinski definition) is 2. The van der Waals surface area contributed by atoms with Crippen LogP contribution in [0.15, 0.2) is 54.9 Å². The minimum Gasteiger partial charge on any atom is -0.345 e. The fourth-order valence-electron chi connectivity index (χ4n) is 2.87. The molecule has 116 valence electrons. The van der Waals surface area contributed by atoms with Crippen LogP contribution in [0.3, 0.4) is 0 Å². The predicted octanol–water partition coefficient (Wildman–Crippen LogP) is 3.82. The molecule has 5 heteroatoms. The molecule has 1 amide bonds. The smallest absolute Gasteiger partial charge is 0.253 e. The standard InChI is InChI=1S/C18H16IN3O/c19-15-10-20-16-9-8-14(11-22(15)16)18(23)21-17(13-6-7-13)12-4-2-1-3-5-12/h1-5,8-11,13,17H,6-7H2,(H,21,23)/t17-/m0/s1. The summed E-state index contributed by atoms with van der Waals surface area (Å²) in [5, 5.41) is 3.21. The van der Waals surface area contributed by atoms with E-state index in [0.717, 1.165) is 9.35 Å². The lowest BCUT2D eigenvalue weighted by Crippen LogP contribution is -2.30. The summed E-state index contributed by atoms with van der Waals surface area (Å²) in [5.41, 5.74) is 2.70. The van der Waals surface area contributed by atoms with Crippen LogP contribution in [0, 0.1) is 9.62 Å². The van der Waals surface area contributed by atoms with Gasteiger partial charge in [0.1, 0.15) is 9.35 Å². The first kappa shape index (κ1) is 14.7. The number of aromatic nitrogens is 2. The van der Waals surface area contributed by atoms with Crippen LogP contribution < -0.4 is 5.32 Å². The quantitative estimate of drug-likeness (QED) is 0.657. The Bertz CT molecular complexity index is 855. The molecule has 3 aromatic rings. The molecule has 1 aliphatic rings. The molecule has 0 aliphatic heterocycles. The van der Waals surface area contributed by atoms with Crippen molar-refractivity contribution in [2.45, 2.75) is 18.9 Å². The topological polar surface area (TPSA) is 46.4 Å². The van der Waals surface area contributed by atoms with Crippen LogP contribution in [-0.2, 0) is 0 Å². The van der Waals surface area contributed by atoms with Gasteiger partial charge in [-0.15, -0.1) is 0 Å². The second kappa shape index (κ2) is 5.96. The van der Waals surface area contributed by atoms with Crippen molar-refractivity contribution in [3.05, 3.63) is 69.7 Å². The maximum atomic E-state index is 12.7. The molecule has 0 saturated heterocycles. The molecule has 2 aromatic heterocycles. The van der Waals surface area contributed by atoms with Gasteiger partial charge in [-0.3, -0.25) is 9.20 Å². The van der Waals surface area contributed by atoms with Crippen molar-refractivity contribution in [3.8, 4) is 0 Å². The van der Waals surface area contributed by atoms with Gasteiger partial charge in [0.05, 0.1) is 17.8 Å². The monoisotopic (exact) mass is 417 g/mol. The van der Waals surface area contributed by atoms with E-state index in [-0.39, 0.29) is 11.9 Å². The molecule has 0 unspecified atom stereocenters. The van der Waals surface area contributed by atoms with E-state index in [4.69, 9.17) is 0 Å². The molecule has 4 rings (SSSR count). The number of halogens is 1. The summed E-state index contributed by atoms with van der Waals surface area (Å²) in [6, 6.07) is 14.0. The van der Waals surface area contributed by atoms with Gasteiger partial charge < -0.3 is 5.32 Å². The van der Waals surface area contributed by atoms with Crippen molar-refractivity contribution in [2.75, 3.05) is 0 Å². The van der Waals surface area contributed by atoms with E-state index in [1.807, 2.05) is 40.9 Å². The largest absolute Gasteiger partial charge is 0.345 e. The number of pyridine rings is 1. The Labute approximate surface area is 148 Å². The number of amides is 1. The molecule has 1 atom stereocenters. The van der Waals surface area contributed by atoms with Crippen molar-refractivity contribution in [1.29, 1.82) is 0 Å². The molecule has 1 saturated carbocycles. The van der Waals surface area contributed by atoms with Crippen molar-refractivity contribution < 1.29 is 4.79 Å². The third-order valence-electron chi connectivity index (χ3n) is 4.26. The maximum absolute atomic E-state index is 12.7. The number of hydrogen-bond donors (Lipinski definition) is 1. The number of fused-ring (bicyclic) bond motifs is 1. The Morgan fingerprint density at radius 1 is 1.22 bits per heavy atom. The molecule has 0 bridgehead atoms. The Balaban J connectivity index is 1.61. The number of nitrogens with one attached hydrogen (secondary N) is 1. The fraction of sp³-hybridized carbons (Fsp3) is 0.222. The molecule has 2 heterocycles. The Kier molecular flexibility index (Phi) is 3.80. The minimum absolute atomic E-state index is 0.0304. The zero-order valence-electron chi connectivity index (χ0n) is 12.4. The van der Waals surface area contributed by atoms with Gasteiger partial charge in [0, 0.05) is 6.20 Å². The SMILES string of the molecule is O=C(N[C@@H](c1ccccc1)C1CC1)c1ccc2ncc(I)n2c1. The van der Waals surface area contributed by atoms with Crippen LogP contribution in [0.25, 0.3) is 5.65 Å². The van der Waals surface area contributed by atoms with Crippen LogP contribution in [-0.4, -0.2) is 15.3 Å². The summed E-state index contributed by atoms with van der Waals surface area (Å²) in [5.74, 6) is 0.524. The van der Waals surface area contributed by atoms with E-state index in [1.54, 1.807) is 6.20 Å². The Morgan fingerprint density at radius 3 is 2.74 bits per heavy atom. The van der Waals surface area contributed by atoms with Crippen LogP contribution in [0.4, 0.5) is 0 Å². The van der Waals surface area contributed by atoms with Crippen LogP contribution in [0.2, 0.25) is 0 Å². The number of carbonyl (C=O) groups is 1. The van der Waals surface area contributed by atoms with Crippen LogP contribution in [0.5, 0.6) is 0 Å². The Hall–Kier alpha value is -1.89. The summed E-state index contributed by atoms with van der Waals surface area (Å²) in [6.45, 7) is 0. The first-order valence-electron chi connectivity index (χ1n) is 7.71. The van der Waals surface area contributed by atoms with Gasteiger partial charge >= 0.3 is 0 Å². The highest BCUT2D eigenvalue weighted by molar-refractivity contribution is 14.1. The molecule has 4 nitrogen and oxygen atoms in total.